The smallest absolute Gasteiger partial charge is 0.371 e. The largest absolute Gasteiger partial charge is 0.502 e. The van der Waals surface area contributed by atoms with E-state index in [0.29, 0.717) is 11.1 Å². The Balaban J connectivity index is 2.35. The second kappa shape index (κ2) is 6.27. The quantitative estimate of drug-likeness (QED) is 0.479. The average Bonchev–Trinajstić information content (AvgIpc) is 2.98. The van der Waals surface area contributed by atoms with Crippen LogP contribution in [0, 0.1) is 0 Å². The summed E-state index contributed by atoms with van der Waals surface area (Å²) in [4.78, 5) is 21.8. The number of hydrogen-bond acceptors (Lipinski definition) is 6. The van der Waals surface area contributed by atoms with E-state index in [1.54, 1.807) is 0 Å². The van der Waals surface area contributed by atoms with E-state index in [4.69, 9.17) is 26.2 Å². The molecule has 1 aromatic heterocycles. The van der Waals surface area contributed by atoms with Gasteiger partial charge in [0, 0.05) is 17.2 Å². The number of furan rings is 1. The van der Waals surface area contributed by atoms with Gasteiger partial charge in [0.2, 0.25) is 21.4 Å². The molecule has 0 bridgehead atoms. The van der Waals surface area contributed by atoms with Gasteiger partial charge in [-0.05, 0) is 24.3 Å². The van der Waals surface area contributed by atoms with Gasteiger partial charge in [-0.15, -0.1) is 0 Å². The summed E-state index contributed by atoms with van der Waals surface area (Å²) >= 11 is 5.69. The standard InChI is InChI=1S/C14H9ClO7S/c15-8-1-3-9(4-2-8)23(20,21)10-5-13(22-7-10)11(16)6-12(17)14(18)19/h1-7,17H,(H,18,19)/b12-6-. The molecule has 1 aromatic carbocycles. The van der Waals surface area contributed by atoms with Crippen LogP contribution in [0.4, 0.5) is 0 Å². The van der Waals surface area contributed by atoms with Crippen LogP contribution in [0.3, 0.4) is 0 Å². The molecule has 7 nitrogen and oxygen atoms in total. The van der Waals surface area contributed by atoms with E-state index >= 15 is 0 Å². The summed E-state index contributed by atoms with van der Waals surface area (Å²) in [5, 5.41) is 17.8. The maximum Gasteiger partial charge on any atom is 0.371 e. The molecule has 120 valence electrons. The second-order valence-electron chi connectivity index (χ2n) is 4.30. The highest BCUT2D eigenvalue weighted by Gasteiger charge is 2.22. The molecule has 0 spiro atoms. The van der Waals surface area contributed by atoms with Gasteiger partial charge >= 0.3 is 5.97 Å². The van der Waals surface area contributed by atoms with E-state index in [1.807, 2.05) is 0 Å². The summed E-state index contributed by atoms with van der Waals surface area (Å²) in [5.74, 6) is -4.29. The van der Waals surface area contributed by atoms with Crippen molar-refractivity contribution in [3.63, 3.8) is 0 Å². The Morgan fingerprint density at radius 3 is 2.26 bits per heavy atom. The Morgan fingerprint density at radius 1 is 1.09 bits per heavy atom. The van der Waals surface area contributed by atoms with Gasteiger partial charge in [0.15, 0.2) is 5.76 Å². The number of hydrogen-bond donors (Lipinski definition) is 2. The van der Waals surface area contributed by atoms with Crippen LogP contribution in [-0.4, -0.2) is 30.4 Å². The summed E-state index contributed by atoms with van der Waals surface area (Å²) in [5.41, 5.74) is 0. The molecule has 0 fully saturated rings. The molecule has 0 aliphatic rings. The first-order valence-electron chi connectivity index (χ1n) is 5.99. The minimum Gasteiger partial charge on any atom is -0.502 e. The summed E-state index contributed by atoms with van der Waals surface area (Å²) < 4.78 is 29.5. The van der Waals surface area contributed by atoms with Crippen molar-refractivity contribution < 1.29 is 32.6 Å². The van der Waals surface area contributed by atoms with Gasteiger partial charge in [0.25, 0.3) is 0 Å². The van der Waals surface area contributed by atoms with Gasteiger partial charge in [-0.1, -0.05) is 11.6 Å². The van der Waals surface area contributed by atoms with Crippen LogP contribution in [0.5, 0.6) is 0 Å². The molecule has 0 saturated heterocycles. The fourth-order valence-electron chi connectivity index (χ4n) is 1.60. The third kappa shape index (κ3) is 3.61. The molecule has 2 rings (SSSR count). The number of allylic oxidation sites excluding steroid dienone is 1. The van der Waals surface area contributed by atoms with Crippen molar-refractivity contribution in [2.75, 3.05) is 0 Å². The molecule has 2 N–H and O–H groups in total. The maximum atomic E-state index is 12.3. The molecule has 0 amide bonds. The van der Waals surface area contributed by atoms with E-state index in [2.05, 4.69) is 0 Å². The van der Waals surface area contributed by atoms with E-state index in [1.165, 1.54) is 24.3 Å². The lowest BCUT2D eigenvalue weighted by atomic mass is 10.2. The number of aliphatic hydroxyl groups excluding tert-OH is 1. The first kappa shape index (κ1) is 16.8. The Kier molecular flexibility index (Phi) is 4.57. The first-order valence-corrected chi connectivity index (χ1v) is 7.85. The average molecular weight is 357 g/mol. The fourth-order valence-corrected chi connectivity index (χ4v) is 2.93. The highest BCUT2D eigenvalue weighted by molar-refractivity contribution is 7.91. The summed E-state index contributed by atoms with van der Waals surface area (Å²) in [6.45, 7) is 0. The number of rotatable bonds is 5. The first-order chi connectivity index (χ1) is 10.7. The molecule has 0 aliphatic heterocycles. The van der Waals surface area contributed by atoms with Gasteiger partial charge in [0.05, 0.1) is 4.90 Å². The van der Waals surface area contributed by atoms with E-state index in [0.717, 1.165) is 12.3 Å². The number of carboxylic acid groups (broad SMARTS) is 1. The zero-order valence-electron chi connectivity index (χ0n) is 11.3. The predicted octanol–water partition coefficient (Wildman–Crippen LogP) is 2.48. The molecule has 0 atom stereocenters. The lowest BCUT2D eigenvalue weighted by Crippen LogP contribution is -2.03. The van der Waals surface area contributed by atoms with Gasteiger partial charge in [-0.2, -0.15) is 0 Å². The molecule has 0 unspecified atom stereocenters. The maximum absolute atomic E-state index is 12.3. The number of carboxylic acids is 1. The number of carbonyl (C=O) groups excluding carboxylic acids is 1. The molecular formula is C14H9ClO7S. The minimum absolute atomic E-state index is 0.0503. The van der Waals surface area contributed by atoms with E-state index < -0.39 is 33.1 Å². The summed E-state index contributed by atoms with van der Waals surface area (Å²) in [6, 6.07) is 6.32. The van der Waals surface area contributed by atoms with Gasteiger partial charge in [-0.25, -0.2) is 13.2 Å². The third-order valence-corrected chi connectivity index (χ3v) is 4.72. The molecule has 23 heavy (non-hydrogen) atoms. The van der Waals surface area contributed by atoms with Crippen molar-refractivity contribution in [1.29, 1.82) is 0 Å². The Morgan fingerprint density at radius 2 is 1.70 bits per heavy atom. The van der Waals surface area contributed by atoms with Crippen molar-refractivity contribution in [1.82, 2.24) is 0 Å². The number of halogens is 1. The number of aliphatic hydroxyl groups is 1. The van der Waals surface area contributed by atoms with Crippen LogP contribution in [0.1, 0.15) is 10.6 Å². The molecule has 9 heteroatoms. The second-order valence-corrected chi connectivity index (χ2v) is 6.69. The van der Waals surface area contributed by atoms with E-state index in [-0.39, 0.29) is 9.79 Å². The normalized spacial score (nSPS) is 12.1. The van der Waals surface area contributed by atoms with Gasteiger partial charge in [-0.3, -0.25) is 4.79 Å². The minimum atomic E-state index is -3.92. The zero-order valence-corrected chi connectivity index (χ0v) is 12.8. The van der Waals surface area contributed by atoms with Gasteiger partial charge in [0.1, 0.15) is 11.2 Å². The monoisotopic (exact) mass is 356 g/mol. The SMILES string of the molecule is O=C(O)/C(O)=C/C(=O)c1cc(S(=O)(=O)c2ccc(Cl)cc2)co1. The number of carbonyl (C=O) groups is 2. The zero-order chi connectivity index (χ0) is 17.2. The van der Waals surface area contributed by atoms with Crippen molar-refractivity contribution >= 4 is 33.2 Å². The summed E-state index contributed by atoms with van der Waals surface area (Å²) in [7, 11) is -3.92. The molecular weight excluding hydrogens is 348 g/mol. The van der Waals surface area contributed by atoms with Crippen LogP contribution < -0.4 is 0 Å². The Bertz CT molecular complexity index is 891. The molecule has 1 heterocycles. The molecule has 0 saturated carbocycles. The lowest BCUT2D eigenvalue weighted by Gasteiger charge is -2.00. The van der Waals surface area contributed by atoms with Crippen LogP contribution in [0.25, 0.3) is 0 Å². The fraction of sp³-hybridized carbons (Fsp3) is 0. The summed E-state index contributed by atoms with van der Waals surface area (Å²) in [6.07, 6.45) is 1.27. The Labute approximate surface area is 135 Å². The highest BCUT2D eigenvalue weighted by Crippen LogP contribution is 2.24. The number of sulfone groups is 1. The van der Waals surface area contributed by atoms with Crippen molar-refractivity contribution in [2.24, 2.45) is 0 Å². The molecule has 0 radical (unpaired) electrons. The van der Waals surface area contributed by atoms with Crippen LogP contribution >= 0.6 is 11.6 Å². The number of benzene rings is 1. The topological polar surface area (TPSA) is 122 Å². The van der Waals surface area contributed by atoms with Crippen LogP contribution in [0.2, 0.25) is 5.02 Å². The molecule has 0 aliphatic carbocycles. The highest BCUT2D eigenvalue weighted by atomic mass is 35.5. The van der Waals surface area contributed by atoms with Crippen LogP contribution in [-0.2, 0) is 14.6 Å². The van der Waals surface area contributed by atoms with Gasteiger partial charge < -0.3 is 14.6 Å². The number of aliphatic carboxylic acids is 1. The van der Waals surface area contributed by atoms with E-state index in [9.17, 15) is 18.0 Å². The molecule has 2 aromatic rings. The number of ketones is 1. The van der Waals surface area contributed by atoms with Crippen molar-refractivity contribution in [3.8, 4) is 0 Å². The lowest BCUT2D eigenvalue weighted by molar-refractivity contribution is -0.135. The van der Waals surface area contributed by atoms with Crippen molar-refractivity contribution in [2.45, 2.75) is 9.79 Å². The predicted molar refractivity (Wildman–Crippen MR) is 78.3 cm³/mol. The Hall–Kier alpha value is -2.58. The van der Waals surface area contributed by atoms with Crippen LogP contribution in [0.15, 0.2) is 62.6 Å². The van der Waals surface area contributed by atoms with Crippen molar-refractivity contribution in [3.05, 3.63) is 59.2 Å². The third-order valence-electron chi connectivity index (χ3n) is 2.74.